The number of nitrogens with zero attached hydrogens (tertiary/aromatic N) is 1. The van der Waals surface area contributed by atoms with Gasteiger partial charge in [-0.05, 0) is 12.8 Å². The van der Waals surface area contributed by atoms with Gasteiger partial charge in [-0.2, -0.15) is 0 Å². The smallest absolute Gasteiger partial charge is 0.0523 e. The largest absolute Gasteiger partial charge is 0.396 e. The number of hydrogen-bond donors (Lipinski definition) is 1. The Kier molecular flexibility index (Phi) is 1.86. The van der Waals surface area contributed by atoms with Crippen LogP contribution in [0, 0.1) is 5.41 Å². The highest BCUT2D eigenvalue weighted by Gasteiger charge is 2.47. The lowest BCUT2D eigenvalue weighted by molar-refractivity contribution is -0.0292. The van der Waals surface area contributed by atoms with Crippen LogP contribution < -0.4 is 0 Å². The summed E-state index contributed by atoms with van der Waals surface area (Å²) in [6.45, 7) is 2.27. The van der Waals surface area contributed by atoms with Crippen LogP contribution in [0.5, 0.6) is 0 Å². The van der Waals surface area contributed by atoms with Gasteiger partial charge in [0.05, 0.1) is 6.61 Å². The topological polar surface area (TPSA) is 23.5 Å². The molecule has 0 unspecified atom stereocenters. The van der Waals surface area contributed by atoms with Crippen molar-refractivity contribution >= 4 is 11.6 Å². The molecule has 1 aliphatic carbocycles. The van der Waals surface area contributed by atoms with Gasteiger partial charge in [0.2, 0.25) is 0 Å². The molecule has 64 valence electrons. The molecular formula is C8H14ClNO. The highest BCUT2D eigenvalue weighted by atomic mass is 35.5. The molecule has 1 N–H and O–H groups in total. The number of rotatable bonds is 3. The summed E-state index contributed by atoms with van der Waals surface area (Å²) < 4.78 is 0. The molecule has 2 nitrogen and oxygen atoms in total. The molecule has 0 aromatic carbocycles. The van der Waals surface area contributed by atoms with Crippen molar-refractivity contribution in [2.45, 2.75) is 18.9 Å². The second kappa shape index (κ2) is 2.61. The van der Waals surface area contributed by atoms with Gasteiger partial charge in [0.25, 0.3) is 0 Å². The summed E-state index contributed by atoms with van der Waals surface area (Å²) in [5.41, 5.74) is 0.0458. The molecule has 2 aliphatic rings. The quantitative estimate of drug-likeness (QED) is 0.638. The summed E-state index contributed by atoms with van der Waals surface area (Å²) in [7, 11) is 0. The van der Waals surface area contributed by atoms with E-state index in [1.165, 1.54) is 12.8 Å². The Bertz CT molecular complexity index is 146. The third kappa shape index (κ3) is 1.28. The van der Waals surface area contributed by atoms with E-state index in [1.807, 2.05) is 0 Å². The molecule has 1 saturated heterocycles. The van der Waals surface area contributed by atoms with Gasteiger partial charge >= 0.3 is 0 Å². The lowest BCUT2D eigenvalue weighted by Crippen LogP contribution is -2.60. The Balaban J connectivity index is 1.83. The summed E-state index contributed by atoms with van der Waals surface area (Å²) in [4.78, 5) is 2.43. The second-order valence-corrected chi connectivity index (χ2v) is 4.20. The average Bonchev–Trinajstić information content (AvgIpc) is 2.71. The second-order valence-electron chi connectivity index (χ2n) is 3.93. The van der Waals surface area contributed by atoms with Crippen LogP contribution in [-0.2, 0) is 0 Å². The van der Waals surface area contributed by atoms with Crippen LogP contribution >= 0.6 is 11.6 Å². The van der Waals surface area contributed by atoms with Crippen LogP contribution in [0.15, 0.2) is 0 Å². The minimum Gasteiger partial charge on any atom is -0.396 e. The van der Waals surface area contributed by atoms with E-state index < -0.39 is 0 Å². The Hall–Kier alpha value is 0.210. The maximum absolute atomic E-state index is 9.05. The molecule has 0 aromatic heterocycles. The fourth-order valence-electron chi connectivity index (χ4n) is 1.74. The molecular weight excluding hydrogens is 162 g/mol. The first-order chi connectivity index (χ1) is 5.29. The van der Waals surface area contributed by atoms with Gasteiger partial charge in [-0.15, -0.1) is 11.6 Å². The zero-order valence-electron chi connectivity index (χ0n) is 6.59. The number of hydrogen-bond acceptors (Lipinski definition) is 2. The summed E-state index contributed by atoms with van der Waals surface area (Å²) in [6.07, 6.45) is 2.70. The molecule has 2 rings (SSSR count). The lowest BCUT2D eigenvalue weighted by Gasteiger charge is -2.48. The fourth-order valence-corrected chi connectivity index (χ4v) is 1.99. The fraction of sp³-hybridized carbons (Fsp3) is 1.00. The van der Waals surface area contributed by atoms with Crippen LogP contribution in [0.2, 0.25) is 0 Å². The SMILES string of the molecule is OCC1(CCl)CN(C2CC2)C1. The first kappa shape index (κ1) is 7.84. The first-order valence-corrected chi connectivity index (χ1v) is 4.74. The van der Waals surface area contributed by atoms with E-state index in [9.17, 15) is 0 Å². The molecule has 1 aliphatic heterocycles. The average molecular weight is 176 g/mol. The predicted molar refractivity (Wildman–Crippen MR) is 44.8 cm³/mol. The number of halogens is 1. The van der Waals surface area contributed by atoms with Crippen LogP contribution in [0.1, 0.15) is 12.8 Å². The molecule has 1 saturated carbocycles. The maximum Gasteiger partial charge on any atom is 0.0523 e. The molecule has 0 spiro atoms. The third-order valence-electron chi connectivity index (χ3n) is 2.76. The van der Waals surface area contributed by atoms with Gasteiger partial charge in [-0.3, -0.25) is 4.90 Å². The summed E-state index contributed by atoms with van der Waals surface area (Å²) in [5, 5.41) is 9.05. The zero-order chi connectivity index (χ0) is 7.90. The van der Waals surface area contributed by atoms with Crippen LogP contribution in [0.25, 0.3) is 0 Å². The van der Waals surface area contributed by atoms with Crippen LogP contribution in [0.3, 0.4) is 0 Å². The predicted octanol–water partition coefficient (Wildman–Crippen LogP) is 0.682. The van der Waals surface area contributed by atoms with Gasteiger partial charge in [0.15, 0.2) is 0 Å². The van der Waals surface area contributed by atoms with E-state index in [1.54, 1.807) is 0 Å². The van der Waals surface area contributed by atoms with Gasteiger partial charge in [-0.1, -0.05) is 0 Å². The van der Waals surface area contributed by atoms with Crippen molar-refractivity contribution in [3.05, 3.63) is 0 Å². The van der Waals surface area contributed by atoms with E-state index >= 15 is 0 Å². The van der Waals surface area contributed by atoms with E-state index in [2.05, 4.69) is 4.90 Å². The van der Waals surface area contributed by atoms with E-state index in [-0.39, 0.29) is 12.0 Å². The van der Waals surface area contributed by atoms with E-state index in [0.717, 1.165) is 19.1 Å². The molecule has 1 heterocycles. The Morgan fingerprint density at radius 2 is 2.09 bits per heavy atom. The number of aliphatic hydroxyl groups excluding tert-OH is 1. The molecule has 11 heavy (non-hydrogen) atoms. The lowest BCUT2D eigenvalue weighted by atomic mass is 9.82. The number of alkyl halides is 1. The van der Waals surface area contributed by atoms with Crippen molar-refractivity contribution in [2.24, 2.45) is 5.41 Å². The molecule has 2 fully saturated rings. The highest BCUT2D eigenvalue weighted by Crippen LogP contribution is 2.39. The monoisotopic (exact) mass is 175 g/mol. The van der Waals surface area contributed by atoms with Gasteiger partial charge in [0.1, 0.15) is 0 Å². The Morgan fingerprint density at radius 3 is 2.45 bits per heavy atom. The standard InChI is InChI=1S/C8H14ClNO/c9-3-8(6-11)4-10(5-8)7-1-2-7/h7,11H,1-6H2. The molecule has 0 amide bonds. The molecule has 0 bridgehead atoms. The molecule has 0 radical (unpaired) electrons. The minimum atomic E-state index is 0.0458. The van der Waals surface area contributed by atoms with Gasteiger partial charge in [0, 0.05) is 30.4 Å². The van der Waals surface area contributed by atoms with Crippen molar-refractivity contribution in [2.75, 3.05) is 25.6 Å². The van der Waals surface area contributed by atoms with Crippen molar-refractivity contribution < 1.29 is 5.11 Å². The van der Waals surface area contributed by atoms with Crippen LogP contribution in [0.4, 0.5) is 0 Å². The van der Waals surface area contributed by atoms with Crippen molar-refractivity contribution in [3.8, 4) is 0 Å². The van der Waals surface area contributed by atoms with Crippen LogP contribution in [-0.4, -0.2) is 41.6 Å². The highest BCUT2D eigenvalue weighted by molar-refractivity contribution is 6.18. The van der Waals surface area contributed by atoms with Crippen molar-refractivity contribution in [1.82, 2.24) is 4.90 Å². The minimum absolute atomic E-state index is 0.0458. The Morgan fingerprint density at radius 1 is 1.45 bits per heavy atom. The normalized spacial score (nSPS) is 30.0. The van der Waals surface area contributed by atoms with E-state index in [0.29, 0.717) is 5.88 Å². The summed E-state index contributed by atoms with van der Waals surface area (Å²) in [6, 6.07) is 0.831. The van der Waals surface area contributed by atoms with Crippen molar-refractivity contribution in [1.29, 1.82) is 0 Å². The third-order valence-corrected chi connectivity index (χ3v) is 3.33. The number of aliphatic hydroxyl groups is 1. The Labute approximate surface area is 72.1 Å². The maximum atomic E-state index is 9.05. The van der Waals surface area contributed by atoms with Gasteiger partial charge in [-0.25, -0.2) is 0 Å². The van der Waals surface area contributed by atoms with E-state index in [4.69, 9.17) is 16.7 Å². The number of likely N-dealkylation sites (tertiary alicyclic amines) is 1. The summed E-state index contributed by atoms with van der Waals surface area (Å²) >= 11 is 5.76. The van der Waals surface area contributed by atoms with Gasteiger partial charge < -0.3 is 5.11 Å². The molecule has 0 atom stereocenters. The van der Waals surface area contributed by atoms with Crippen molar-refractivity contribution in [3.63, 3.8) is 0 Å². The zero-order valence-corrected chi connectivity index (χ0v) is 7.35. The first-order valence-electron chi connectivity index (χ1n) is 4.20. The molecule has 0 aromatic rings. The summed E-state index contributed by atoms with van der Waals surface area (Å²) in [5.74, 6) is 0.604. The molecule has 3 heteroatoms.